The third-order valence-corrected chi connectivity index (χ3v) is 3.70. The molecule has 0 aliphatic carbocycles. The van der Waals surface area contributed by atoms with Crippen molar-refractivity contribution in [3.05, 3.63) is 40.9 Å². The zero-order valence-corrected chi connectivity index (χ0v) is 12.1. The predicted octanol–water partition coefficient (Wildman–Crippen LogP) is 3.34. The Labute approximate surface area is 123 Å². The van der Waals surface area contributed by atoms with Gasteiger partial charge in [0, 0.05) is 29.1 Å². The summed E-state index contributed by atoms with van der Waals surface area (Å²) >= 11 is 3.45. The number of hydrogen-bond donors (Lipinski definition) is 3. The molecule has 1 aromatic carbocycles. The number of nitrogens with zero attached hydrogens (tertiary/aromatic N) is 1. The maximum atomic E-state index is 10.6. The molecule has 0 fully saturated rings. The molecule has 0 unspecified atom stereocenters. The van der Waals surface area contributed by atoms with Gasteiger partial charge in [0.2, 0.25) is 0 Å². The third-order valence-electron chi connectivity index (χ3n) is 3.13. The Morgan fingerprint density at radius 3 is 2.95 bits per heavy atom. The number of H-pyrrole nitrogens is 2. The van der Waals surface area contributed by atoms with Crippen LogP contribution in [0.2, 0.25) is 0 Å². The van der Waals surface area contributed by atoms with Crippen molar-refractivity contribution in [1.82, 2.24) is 15.0 Å². The Bertz CT molecular complexity index is 776. The molecular formula is C14H12BrN3O2. The normalized spacial score (nSPS) is 11.1. The van der Waals surface area contributed by atoms with E-state index < -0.39 is 5.97 Å². The number of fused-ring (bicyclic) bond motifs is 1. The lowest BCUT2D eigenvalue weighted by molar-refractivity contribution is -0.137. The molecule has 3 aromatic rings. The number of nitrogens with one attached hydrogen (secondary N) is 2. The topological polar surface area (TPSA) is 81.8 Å². The molecule has 0 saturated carbocycles. The summed E-state index contributed by atoms with van der Waals surface area (Å²) in [6.45, 7) is 0. The molecule has 3 rings (SSSR count). The zero-order valence-electron chi connectivity index (χ0n) is 10.5. The minimum atomic E-state index is -0.828. The van der Waals surface area contributed by atoms with Gasteiger partial charge in [0.05, 0.1) is 6.42 Å². The number of aromatic amines is 2. The van der Waals surface area contributed by atoms with Crippen LogP contribution >= 0.6 is 15.9 Å². The summed E-state index contributed by atoms with van der Waals surface area (Å²) in [4.78, 5) is 21.4. The molecule has 0 aliphatic rings. The molecule has 0 bridgehead atoms. The fraction of sp³-hybridized carbons (Fsp3) is 0.143. The SMILES string of the molecule is O=C(O)CCc1nc(-c2c[nH]c3ccccc23)c(Br)[nH]1. The van der Waals surface area contributed by atoms with Gasteiger partial charge in [-0.1, -0.05) is 18.2 Å². The number of carboxylic acids is 1. The Morgan fingerprint density at radius 1 is 1.35 bits per heavy atom. The molecule has 0 aliphatic heterocycles. The highest BCUT2D eigenvalue weighted by molar-refractivity contribution is 9.10. The predicted molar refractivity (Wildman–Crippen MR) is 79.5 cm³/mol. The van der Waals surface area contributed by atoms with Gasteiger partial charge in [-0.3, -0.25) is 4.79 Å². The van der Waals surface area contributed by atoms with E-state index in [0.29, 0.717) is 12.2 Å². The lowest BCUT2D eigenvalue weighted by Crippen LogP contribution is -1.98. The molecule has 0 amide bonds. The van der Waals surface area contributed by atoms with E-state index in [1.54, 1.807) is 0 Å². The van der Waals surface area contributed by atoms with Gasteiger partial charge in [-0.2, -0.15) is 0 Å². The summed E-state index contributed by atoms with van der Waals surface area (Å²) in [6, 6.07) is 7.98. The number of aryl methyl sites for hydroxylation is 1. The largest absolute Gasteiger partial charge is 0.481 e. The van der Waals surface area contributed by atoms with E-state index in [0.717, 1.165) is 26.8 Å². The van der Waals surface area contributed by atoms with Crippen LogP contribution < -0.4 is 0 Å². The molecule has 102 valence electrons. The molecule has 2 heterocycles. The molecule has 3 N–H and O–H groups in total. The van der Waals surface area contributed by atoms with Gasteiger partial charge in [0.15, 0.2) is 0 Å². The van der Waals surface area contributed by atoms with Crippen LogP contribution in [0.5, 0.6) is 0 Å². The van der Waals surface area contributed by atoms with Gasteiger partial charge in [-0.25, -0.2) is 4.98 Å². The number of aromatic nitrogens is 3. The van der Waals surface area contributed by atoms with E-state index in [4.69, 9.17) is 5.11 Å². The second-order valence-corrected chi connectivity index (χ2v) is 5.28. The number of halogens is 1. The number of carboxylic acid groups (broad SMARTS) is 1. The molecule has 6 heteroatoms. The molecular weight excluding hydrogens is 322 g/mol. The van der Waals surface area contributed by atoms with Crippen LogP contribution in [-0.4, -0.2) is 26.0 Å². The average Bonchev–Trinajstić information content (AvgIpc) is 2.99. The van der Waals surface area contributed by atoms with Crippen molar-refractivity contribution in [3.63, 3.8) is 0 Å². The van der Waals surface area contributed by atoms with E-state index in [1.807, 2.05) is 30.5 Å². The Hall–Kier alpha value is -2.08. The van der Waals surface area contributed by atoms with Crippen molar-refractivity contribution in [2.45, 2.75) is 12.8 Å². The molecule has 0 atom stereocenters. The summed E-state index contributed by atoms with van der Waals surface area (Å²) in [6.07, 6.45) is 2.36. The first-order valence-electron chi connectivity index (χ1n) is 6.18. The summed E-state index contributed by atoms with van der Waals surface area (Å²) in [5.74, 6) is -0.161. The second-order valence-electron chi connectivity index (χ2n) is 4.49. The van der Waals surface area contributed by atoms with Gasteiger partial charge in [0.1, 0.15) is 16.1 Å². The Balaban J connectivity index is 1.99. The van der Waals surface area contributed by atoms with Crippen LogP contribution in [0.15, 0.2) is 35.1 Å². The number of para-hydroxylation sites is 1. The quantitative estimate of drug-likeness (QED) is 0.684. The summed E-state index contributed by atoms with van der Waals surface area (Å²) in [5, 5.41) is 9.81. The zero-order chi connectivity index (χ0) is 14.1. The van der Waals surface area contributed by atoms with Crippen molar-refractivity contribution in [1.29, 1.82) is 0 Å². The van der Waals surface area contributed by atoms with E-state index in [2.05, 4.69) is 30.9 Å². The first kappa shape index (κ1) is 12.9. The molecule has 0 saturated heterocycles. The van der Waals surface area contributed by atoms with Gasteiger partial charge < -0.3 is 15.1 Å². The van der Waals surface area contributed by atoms with E-state index in [1.165, 1.54) is 0 Å². The number of aliphatic carboxylic acids is 1. The van der Waals surface area contributed by atoms with E-state index in [9.17, 15) is 4.79 Å². The summed E-state index contributed by atoms with van der Waals surface area (Å²) in [7, 11) is 0. The molecule has 2 aromatic heterocycles. The first-order chi connectivity index (χ1) is 9.65. The van der Waals surface area contributed by atoms with Crippen LogP contribution in [0.3, 0.4) is 0 Å². The van der Waals surface area contributed by atoms with Crippen LogP contribution in [0.4, 0.5) is 0 Å². The maximum Gasteiger partial charge on any atom is 0.303 e. The molecule has 5 nitrogen and oxygen atoms in total. The minimum Gasteiger partial charge on any atom is -0.481 e. The van der Waals surface area contributed by atoms with Crippen molar-refractivity contribution in [2.24, 2.45) is 0 Å². The van der Waals surface area contributed by atoms with Gasteiger partial charge >= 0.3 is 5.97 Å². The van der Waals surface area contributed by atoms with Gasteiger partial charge in [-0.15, -0.1) is 0 Å². The number of rotatable bonds is 4. The summed E-state index contributed by atoms with van der Waals surface area (Å²) < 4.78 is 0.766. The van der Waals surface area contributed by atoms with Crippen LogP contribution in [0.25, 0.3) is 22.2 Å². The number of benzene rings is 1. The molecule has 20 heavy (non-hydrogen) atoms. The van der Waals surface area contributed by atoms with Crippen LogP contribution in [0, 0.1) is 0 Å². The first-order valence-corrected chi connectivity index (χ1v) is 6.97. The lowest BCUT2D eigenvalue weighted by atomic mass is 10.1. The fourth-order valence-electron chi connectivity index (χ4n) is 2.19. The second kappa shape index (κ2) is 5.13. The van der Waals surface area contributed by atoms with Crippen LogP contribution in [0.1, 0.15) is 12.2 Å². The fourth-order valence-corrected chi connectivity index (χ4v) is 2.72. The smallest absolute Gasteiger partial charge is 0.303 e. The van der Waals surface area contributed by atoms with E-state index in [-0.39, 0.29) is 6.42 Å². The standard InChI is InChI=1S/C14H12BrN3O2/c15-14-13(17-11(18-14)5-6-12(19)20)9-7-16-10-4-2-1-3-8(9)10/h1-4,7,16H,5-6H2,(H,17,18)(H,19,20). The van der Waals surface area contributed by atoms with Crippen molar-refractivity contribution in [3.8, 4) is 11.3 Å². The van der Waals surface area contributed by atoms with Crippen LogP contribution in [-0.2, 0) is 11.2 Å². The van der Waals surface area contributed by atoms with Crippen molar-refractivity contribution in [2.75, 3.05) is 0 Å². The maximum absolute atomic E-state index is 10.6. The third kappa shape index (κ3) is 2.34. The lowest BCUT2D eigenvalue weighted by Gasteiger charge is -1.95. The highest BCUT2D eigenvalue weighted by Crippen LogP contribution is 2.32. The Morgan fingerprint density at radius 2 is 2.15 bits per heavy atom. The average molecular weight is 334 g/mol. The van der Waals surface area contributed by atoms with Gasteiger partial charge in [-0.05, 0) is 22.0 Å². The van der Waals surface area contributed by atoms with Crippen molar-refractivity contribution >= 4 is 32.8 Å². The number of hydrogen-bond acceptors (Lipinski definition) is 2. The van der Waals surface area contributed by atoms with Gasteiger partial charge in [0.25, 0.3) is 0 Å². The number of imidazole rings is 1. The molecule has 0 radical (unpaired) electrons. The summed E-state index contributed by atoms with van der Waals surface area (Å²) in [5.41, 5.74) is 2.83. The van der Waals surface area contributed by atoms with E-state index >= 15 is 0 Å². The Kier molecular flexibility index (Phi) is 3.31. The highest BCUT2D eigenvalue weighted by Gasteiger charge is 2.14. The monoisotopic (exact) mass is 333 g/mol. The van der Waals surface area contributed by atoms with Crippen molar-refractivity contribution < 1.29 is 9.90 Å². The number of carbonyl (C=O) groups is 1. The highest BCUT2D eigenvalue weighted by atomic mass is 79.9. The molecule has 0 spiro atoms. The minimum absolute atomic E-state index is 0.0628.